The topological polar surface area (TPSA) is 47.0 Å². The van der Waals surface area contributed by atoms with E-state index < -0.39 is 0 Å². The summed E-state index contributed by atoms with van der Waals surface area (Å²) in [4.78, 5) is 8.50. The summed E-state index contributed by atoms with van der Waals surface area (Å²) in [5.41, 5.74) is 1.06. The van der Waals surface area contributed by atoms with Crippen LogP contribution in [0.25, 0.3) is 0 Å². The zero-order valence-corrected chi connectivity index (χ0v) is 9.66. The van der Waals surface area contributed by atoms with Gasteiger partial charge in [0.15, 0.2) is 0 Å². The second kappa shape index (κ2) is 6.48. The van der Waals surface area contributed by atoms with Gasteiger partial charge in [0.2, 0.25) is 0 Å². The Morgan fingerprint density at radius 3 is 2.93 bits per heavy atom. The molecule has 4 nitrogen and oxygen atoms in total. The van der Waals surface area contributed by atoms with Crippen LogP contribution in [0.3, 0.4) is 0 Å². The molecule has 1 aromatic rings. The van der Waals surface area contributed by atoms with Gasteiger partial charge in [-0.2, -0.15) is 0 Å². The molecule has 0 aromatic carbocycles. The third kappa shape index (κ3) is 3.93. The number of methoxy groups -OCH3 is 1. The molecule has 0 amide bonds. The lowest BCUT2D eigenvalue weighted by atomic mass is 10.1. The van der Waals surface area contributed by atoms with Gasteiger partial charge in [-0.1, -0.05) is 0 Å². The van der Waals surface area contributed by atoms with Crippen LogP contribution in [0.5, 0.6) is 0 Å². The largest absolute Gasteiger partial charge is 0.385 e. The maximum Gasteiger partial charge on any atom is 0.125 e. The number of nitrogens with one attached hydrogen (secondary N) is 1. The van der Waals surface area contributed by atoms with E-state index in [0.29, 0.717) is 6.04 Å². The third-order valence-corrected chi connectivity index (χ3v) is 2.34. The number of aromatic nitrogens is 2. The molecule has 0 saturated carbocycles. The number of hydrogen-bond donors (Lipinski definition) is 1. The molecule has 1 heterocycles. The summed E-state index contributed by atoms with van der Waals surface area (Å²) >= 11 is 0. The number of hydrogen-bond acceptors (Lipinski definition) is 4. The van der Waals surface area contributed by atoms with Crippen LogP contribution in [-0.2, 0) is 4.74 Å². The van der Waals surface area contributed by atoms with Crippen molar-refractivity contribution in [3.05, 3.63) is 23.8 Å². The highest BCUT2D eigenvalue weighted by Gasteiger charge is 2.10. The summed E-state index contributed by atoms with van der Waals surface area (Å²) in [5.74, 6) is 0.819. The fourth-order valence-electron chi connectivity index (χ4n) is 1.54. The van der Waals surface area contributed by atoms with E-state index in [9.17, 15) is 0 Å². The van der Waals surface area contributed by atoms with Crippen molar-refractivity contribution >= 4 is 0 Å². The van der Waals surface area contributed by atoms with Crippen LogP contribution >= 0.6 is 0 Å². The standard InChI is InChI=1S/C11H19N3O/c1-9-13-7-6-11(14-9)10(12-2)5-4-8-15-3/h6-7,10,12H,4-5,8H2,1-3H3. The lowest BCUT2D eigenvalue weighted by molar-refractivity contribution is 0.189. The van der Waals surface area contributed by atoms with Gasteiger partial charge in [0.05, 0.1) is 5.69 Å². The molecule has 0 fully saturated rings. The van der Waals surface area contributed by atoms with Crippen molar-refractivity contribution < 1.29 is 4.74 Å². The molecule has 1 atom stereocenters. The SMILES string of the molecule is CNC(CCCOC)c1ccnc(C)n1. The zero-order chi connectivity index (χ0) is 11.1. The van der Waals surface area contributed by atoms with Gasteiger partial charge in [-0.3, -0.25) is 0 Å². The average Bonchev–Trinajstić information content (AvgIpc) is 2.24. The molecule has 1 rings (SSSR count). The van der Waals surface area contributed by atoms with Gasteiger partial charge in [0.1, 0.15) is 5.82 Å². The first-order valence-electron chi connectivity index (χ1n) is 5.23. The van der Waals surface area contributed by atoms with E-state index in [2.05, 4.69) is 15.3 Å². The van der Waals surface area contributed by atoms with E-state index in [0.717, 1.165) is 31.0 Å². The van der Waals surface area contributed by atoms with Crippen LogP contribution in [0.1, 0.15) is 30.4 Å². The van der Waals surface area contributed by atoms with Crippen molar-refractivity contribution in [3.8, 4) is 0 Å². The first kappa shape index (κ1) is 12.1. The van der Waals surface area contributed by atoms with Crippen molar-refractivity contribution in [2.24, 2.45) is 0 Å². The summed E-state index contributed by atoms with van der Waals surface area (Å²) in [5, 5.41) is 3.26. The van der Waals surface area contributed by atoms with Crippen LogP contribution in [0.15, 0.2) is 12.3 Å². The highest BCUT2D eigenvalue weighted by atomic mass is 16.5. The summed E-state index contributed by atoms with van der Waals surface area (Å²) < 4.78 is 5.04. The quantitative estimate of drug-likeness (QED) is 0.721. The van der Waals surface area contributed by atoms with Gasteiger partial charge in [-0.15, -0.1) is 0 Å². The monoisotopic (exact) mass is 209 g/mol. The Labute approximate surface area is 91.1 Å². The first-order chi connectivity index (χ1) is 7.27. The van der Waals surface area contributed by atoms with E-state index in [1.807, 2.05) is 20.0 Å². The van der Waals surface area contributed by atoms with Crippen LogP contribution < -0.4 is 5.32 Å². The average molecular weight is 209 g/mol. The Bertz CT molecular complexity index is 291. The Balaban J connectivity index is 2.57. The van der Waals surface area contributed by atoms with Gasteiger partial charge >= 0.3 is 0 Å². The minimum Gasteiger partial charge on any atom is -0.385 e. The van der Waals surface area contributed by atoms with Gasteiger partial charge < -0.3 is 10.1 Å². The molecule has 0 aliphatic heterocycles. The van der Waals surface area contributed by atoms with Crippen molar-refractivity contribution in [2.45, 2.75) is 25.8 Å². The number of aryl methyl sites for hydroxylation is 1. The Morgan fingerprint density at radius 1 is 1.53 bits per heavy atom. The highest BCUT2D eigenvalue weighted by molar-refractivity contribution is 5.06. The molecule has 1 unspecified atom stereocenters. The van der Waals surface area contributed by atoms with Crippen molar-refractivity contribution in [1.82, 2.24) is 15.3 Å². The number of rotatable bonds is 6. The molecule has 0 aliphatic rings. The predicted octanol–water partition coefficient (Wildman–Crippen LogP) is 1.47. The van der Waals surface area contributed by atoms with Crippen molar-refractivity contribution in [1.29, 1.82) is 0 Å². The van der Waals surface area contributed by atoms with Crippen LogP contribution in [-0.4, -0.2) is 30.7 Å². The van der Waals surface area contributed by atoms with Crippen LogP contribution in [0.2, 0.25) is 0 Å². The van der Waals surface area contributed by atoms with Crippen LogP contribution in [0.4, 0.5) is 0 Å². The molecule has 84 valence electrons. The van der Waals surface area contributed by atoms with E-state index >= 15 is 0 Å². The summed E-state index contributed by atoms with van der Waals surface area (Å²) in [6, 6.07) is 2.25. The minimum absolute atomic E-state index is 0.293. The Morgan fingerprint density at radius 2 is 2.33 bits per heavy atom. The fraction of sp³-hybridized carbons (Fsp3) is 0.636. The molecule has 1 N–H and O–H groups in total. The number of ether oxygens (including phenoxy) is 1. The zero-order valence-electron chi connectivity index (χ0n) is 9.66. The highest BCUT2D eigenvalue weighted by Crippen LogP contribution is 2.15. The molecule has 0 saturated heterocycles. The molecule has 4 heteroatoms. The smallest absolute Gasteiger partial charge is 0.125 e. The second-order valence-electron chi connectivity index (χ2n) is 3.51. The lowest BCUT2D eigenvalue weighted by Gasteiger charge is -2.15. The van der Waals surface area contributed by atoms with Gasteiger partial charge in [0, 0.05) is 26.0 Å². The van der Waals surface area contributed by atoms with E-state index in [1.54, 1.807) is 13.3 Å². The predicted molar refractivity (Wildman–Crippen MR) is 59.7 cm³/mol. The molecule has 0 spiro atoms. The van der Waals surface area contributed by atoms with Gasteiger partial charge in [-0.05, 0) is 32.9 Å². The van der Waals surface area contributed by atoms with E-state index in [4.69, 9.17) is 4.74 Å². The molecule has 1 aromatic heterocycles. The maximum absolute atomic E-state index is 5.04. The third-order valence-electron chi connectivity index (χ3n) is 2.34. The molecule has 15 heavy (non-hydrogen) atoms. The van der Waals surface area contributed by atoms with Crippen LogP contribution in [0, 0.1) is 6.92 Å². The Kier molecular flexibility index (Phi) is 5.21. The van der Waals surface area contributed by atoms with E-state index in [-0.39, 0.29) is 0 Å². The van der Waals surface area contributed by atoms with Gasteiger partial charge in [-0.25, -0.2) is 9.97 Å². The lowest BCUT2D eigenvalue weighted by Crippen LogP contribution is -2.18. The van der Waals surface area contributed by atoms with Crippen molar-refractivity contribution in [3.63, 3.8) is 0 Å². The van der Waals surface area contributed by atoms with Gasteiger partial charge in [0.25, 0.3) is 0 Å². The van der Waals surface area contributed by atoms with Crippen molar-refractivity contribution in [2.75, 3.05) is 20.8 Å². The molecular formula is C11H19N3O. The fourth-order valence-corrected chi connectivity index (χ4v) is 1.54. The number of nitrogens with zero attached hydrogens (tertiary/aromatic N) is 2. The Hall–Kier alpha value is -1.00. The molecule has 0 aliphatic carbocycles. The first-order valence-corrected chi connectivity index (χ1v) is 5.23. The summed E-state index contributed by atoms with van der Waals surface area (Å²) in [6.45, 7) is 2.70. The molecule has 0 radical (unpaired) electrons. The normalized spacial score (nSPS) is 12.7. The summed E-state index contributed by atoms with van der Waals surface area (Å²) in [7, 11) is 3.68. The molecular weight excluding hydrogens is 190 g/mol. The second-order valence-corrected chi connectivity index (χ2v) is 3.51. The van der Waals surface area contributed by atoms with E-state index in [1.165, 1.54) is 0 Å². The summed E-state index contributed by atoms with van der Waals surface area (Å²) in [6.07, 6.45) is 3.87. The molecule has 0 bridgehead atoms. The maximum atomic E-state index is 5.04. The minimum atomic E-state index is 0.293.